The van der Waals surface area contributed by atoms with E-state index in [4.69, 9.17) is 4.74 Å². The van der Waals surface area contributed by atoms with Crippen molar-refractivity contribution in [3.63, 3.8) is 0 Å². The number of benzene rings is 2. The number of amides is 2. The van der Waals surface area contributed by atoms with Gasteiger partial charge in [-0.05, 0) is 41.0 Å². The average Bonchev–Trinajstić information content (AvgIpc) is 3.42. The zero-order chi connectivity index (χ0) is 23.4. The van der Waals surface area contributed by atoms with E-state index in [1.807, 2.05) is 24.3 Å². The Kier molecular flexibility index (Phi) is 6.96. The number of hydrogen-bond acceptors (Lipinski definition) is 4. The van der Waals surface area contributed by atoms with Gasteiger partial charge in [-0.3, -0.25) is 9.59 Å². The normalized spacial score (nSPS) is 19.9. The number of ether oxygens (including phenoxy) is 1. The molecule has 3 atom stereocenters. The first-order valence-electron chi connectivity index (χ1n) is 11.5. The Labute approximate surface area is 193 Å². The molecule has 0 aromatic heterocycles. The van der Waals surface area contributed by atoms with E-state index in [2.05, 4.69) is 34.9 Å². The maximum atomic E-state index is 12.4. The number of rotatable bonds is 8. The predicted molar refractivity (Wildman–Crippen MR) is 124 cm³/mol. The maximum Gasteiger partial charge on any atom is 0.407 e. The molecule has 1 fully saturated rings. The molecule has 2 aromatic carbocycles. The minimum Gasteiger partial charge on any atom is -0.481 e. The van der Waals surface area contributed by atoms with Crippen LogP contribution in [-0.4, -0.2) is 42.8 Å². The summed E-state index contributed by atoms with van der Waals surface area (Å²) in [5, 5.41) is 14.8. The number of aliphatic carboxylic acids is 1. The van der Waals surface area contributed by atoms with Gasteiger partial charge in [-0.25, -0.2) is 4.79 Å². The van der Waals surface area contributed by atoms with Crippen LogP contribution in [-0.2, 0) is 14.3 Å². The zero-order valence-electron chi connectivity index (χ0n) is 18.8. The molecule has 7 nitrogen and oxygen atoms in total. The highest BCUT2D eigenvalue weighted by atomic mass is 16.5. The molecule has 174 valence electrons. The molecule has 0 aliphatic heterocycles. The standard InChI is InChI=1S/C26H30N2O5/c1-16(24(29)27-14-17-7-6-12-18(17)25(30)31)13-28-26(32)33-15-23-21-10-4-2-8-19(21)20-9-3-5-11-22(20)23/h2-5,8-11,16-18,23H,6-7,12-15H2,1H3,(H,27,29)(H,28,32)(H,30,31)/t16?,17-,18-/m0/s1. The summed E-state index contributed by atoms with van der Waals surface area (Å²) in [4.78, 5) is 36.0. The van der Waals surface area contributed by atoms with E-state index < -0.39 is 18.0 Å². The monoisotopic (exact) mass is 450 g/mol. The second kappa shape index (κ2) is 10.1. The van der Waals surface area contributed by atoms with E-state index in [9.17, 15) is 19.5 Å². The van der Waals surface area contributed by atoms with E-state index in [1.54, 1.807) is 6.92 Å². The molecule has 1 unspecified atom stereocenters. The highest BCUT2D eigenvalue weighted by Crippen LogP contribution is 2.44. The number of carbonyl (C=O) groups excluding carboxylic acids is 2. The van der Waals surface area contributed by atoms with Gasteiger partial charge < -0.3 is 20.5 Å². The highest BCUT2D eigenvalue weighted by Gasteiger charge is 2.33. The minimum atomic E-state index is -0.795. The van der Waals surface area contributed by atoms with Crippen molar-refractivity contribution in [2.75, 3.05) is 19.7 Å². The summed E-state index contributed by atoms with van der Waals surface area (Å²) in [6.07, 6.45) is 1.78. The van der Waals surface area contributed by atoms with Crippen LogP contribution >= 0.6 is 0 Å². The molecule has 2 amide bonds. The Morgan fingerprint density at radius 3 is 2.27 bits per heavy atom. The number of alkyl carbamates (subject to hydrolysis) is 1. The van der Waals surface area contributed by atoms with Crippen molar-refractivity contribution in [2.45, 2.75) is 32.1 Å². The molecule has 2 aliphatic carbocycles. The summed E-state index contributed by atoms with van der Waals surface area (Å²) >= 11 is 0. The Bertz CT molecular complexity index is 991. The molecule has 0 radical (unpaired) electrons. The first kappa shape index (κ1) is 22.8. The quantitative estimate of drug-likeness (QED) is 0.568. The first-order valence-corrected chi connectivity index (χ1v) is 11.5. The molecule has 2 aliphatic rings. The third kappa shape index (κ3) is 5.02. The SMILES string of the molecule is CC(CNC(=O)OCC1c2ccccc2-c2ccccc21)C(=O)NC[C@@H]1CCC[C@@H]1C(=O)O. The fourth-order valence-electron chi connectivity index (χ4n) is 4.99. The fraction of sp³-hybridized carbons (Fsp3) is 0.423. The van der Waals surface area contributed by atoms with Crippen LogP contribution in [0.25, 0.3) is 11.1 Å². The van der Waals surface area contributed by atoms with Crippen LogP contribution < -0.4 is 10.6 Å². The van der Waals surface area contributed by atoms with Crippen LogP contribution in [0.2, 0.25) is 0 Å². The summed E-state index contributed by atoms with van der Waals surface area (Å²) < 4.78 is 5.50. The van der Waals surface area contributed by atoms with Gasteiger partial charge in [0.25, 0.3) is 0 Å². The van der Waals surface area contributed by atoms with E-state index >= 15 is 0 Å². The van der Waals surface area contributed by atoms with Crippen molar-refractivity contribution in [1.29, 1.82) is 0 Å². The van der Waals surface area contributed by atoms with Crippen LogP contribution in [0.4, 0.5) is 4.79 Å². The molecular weight excluding hydrogens is 420 g/mol. The number of carbonyl (C=O) groups is 3. The molecule has 33 heavy (non-hydrogen) atoms. The van der Waals surface area contributed by atoms with Crippen molar-refractivity contribution in [1.82, 2.24) is 10.6 Å². The number of carboxylic acid groups (broad SMARTS) is 1. The van der Waals surface area contributed by atoms with E-state index in [0.717, 1.165) is 24.0 Å². The van der Waals surface area contributed by atoms with E-state index in [1.165, 1.54) is 11.1 Å². The van der Waals surface area contributed by atoms with Gasteiger partial charge in [0.05, 0.1) is 11.8 Å². The lowest BCUT2D eigenvalue weighted by molar-refractivity contribution is -0.143. The topological polar surface area (TPSA) is 105 Å². The summed E-state index contributed by atoms with van der Waals surface area (Å²) in [5.74, 6) is -1.89. The van der Waals surface area contributed by atoms with Crippen molar-refractivity contribution < 1.29 is 24.2 Å². The smallest absolute Gasteiger partial charge is 0.407 e. The van der Waals surface area contributed by atoms with Crippen molar-refractivity contribution >= 4 is 18.0 Å². The lowest BCUT2D eigenvalue weighted by Gasteiger charge is -2.19. The second-order valence-corrected chi connectivity index (χ2v) is 8.99. The maximum absolute atomic E-state index is 12.4. The lowest BCUT2D eigenvalue weighted by atomic mass is 9.96. The summed E-state index contributed by atoms with van der Waals surface area (Å²) in [6.45, 7) is 2.45. The van der Waals surface area contributed by atoms with Gasteiger partial charge in [0.15, 0.2) is 0 Å². The van der Waals surface area contributed by atoms with Gasteiger partial charge in [0.2, 0.25) is 5.91 Å². The third-order valence-corrected chi connectivity index (χ3v) is 6.86. The van der Waals surface area contributed by atoms with Gasteiger partial charge >= 0.3 is 12.1 Å². The van der Waals surface area contributed by atoms with E-state index in [0.29, 0.717) is 13.0 Å². The number of fused-ring (bicyclic) bond motifs is 3. The Balaban J connectivity index is 1.24. The molecule has 0 bridgehead atoms. The predicted octanol–water partition coefficient (Wildman–Crippen LogP) is 3.78. The molecule has 7 heteroatoms. The van der Waals surface area contributed by atoms with Crippen LogP contribution in [0.5, 0.6) is 0 Å². The largest absolute Gasteiger partial charge is 0.481 e. The van der Waals surface area contributed by atoms with Crippen LogP contribution in [0.15, 0.2) is 48.5 Å². The Hall–Kier alpha value is -3.35. The minimum absolute atomic E-state index is 0.0162. The molecule has 0 heterocycles. The third-order valence-electron chi connectivity index (χ3n) is 6.86. The van der Waals surface area contributed by atoms with Gasteiger partial charge in [0.1, 0.15) is 6.61 Å². The lowest BCUT2D eigenvalue weighted by Crippen LogP contribution is -2.40. The molecule has 3 N–H and O–H groups in total. The Morgan fingerprint density at radius 2 is 1.64 bits per heavy atom. The van der Waals surface area contributed by atoms with Crippen molar-refractivity contribution in [3.05, 3.63) is 59.7 Å². The highest BCUT2D eigenvalue weighted by molar-refractivity contribution is 5.80. The van der Waals surface area contributed by atoms with Crippen molar-refractivity contribution in [2.24, 2.45) is 17.8 Å². The zero-order valence-corrected chi connectivity index (χ0v) is 18.8. The van der Waals surface area contributed by atoms with Gasteiger partial charge in [0, 0.05) is 19.0 Å². The molecule has 0 saturated heterocycles. The fourth-order valence-corrected chi connectivity index (χ4v) is 4.99. The molecule has 2 aromatic rings. The second-order valence-electron chi connectivity index (χ2n) is 8.99. The summed E-state index contributed by atoms with van der Waals surface area (Å²) in [7, 11) is 0. The van der Waals surface area contributed by atoms with Crippen molar-refractivity contribution in [3.8, 4) is 11.1 Å². The number of nitrogens with one attached hydrogen (secondary N) is 2. The molecule has 4 rings (SSSR count). The van der Waals surface area contributed by atoms with Gasteiger partial charge in [-0.1, -0.05) is 61.9 Å². The summed E-state index contributed by atoms with van der Waals surface area (Å²) in [5.41, 5.74) is 4.62. The molecule has 0 spiro atoms. The van der Waals surface area contributed by atoms with Gasteiger partial charge in [-0.15, -0.1) is 0 Å². The summed E-state index contributed by atoms with van der Waals surface area (Å²) in [6, 6.07) is 16.3. The van der Waals surface area contributed by atoms with Crippen LogP contribution in [0, 0.1) is 17.8 Å². The number of hydrogen-bond donors (Lipinski definition) is 3. The van der Waals surface area contributed by atoms with Crippen LogP contribution in [0.1, 0.15) is 43.2 Å². The van der Waals surface area contributed by atoms with Gasteiger partial charge in [-0.2, -0.15) is 0 Å². The van der Waals surface area contributed by atoms with E-state index in [-0.39, 0.29) is 36.8 Å². The number of carboxylic acids is 1. The molecule has 1 saturated carbocycles. The first-order chi connectivity index (χ1) is 16.0. The Morgan fingerprint density at radius 1 is 1.00 bits per heavy atom. The average molecular weight is 451 g/mol. The molecular formula is C26H30N2O5. The van der Waals surface area contributed by atoms with Crippen LogP contribution in [0.3, 0.4) is 0 Å².